The third-order valence-electron chi connectivity index (χ3n) is 2.30. The summed E-state index contributed by atoms with van der Waals surface area (Å²) >= 11 is 1.69. The van der Waals surface area contributed by atoms with Crippen LogP contribution in [-0.2, 0) is 6.54 Å². The molecule has 0 aliphatic rings. The van der Waals surface area contributed by atoms with Gasteiger partial charge < -0.3 is 10.6 Å². The summed E-state index contributed by atoms with van der Waals surface area (Å²) in [6.45, 7) is 7.56. The van der Waals surface area contributed by atoms with Crippen LogP contribution in [0, 0.1) is 13.8 Å². The first-order chi connectivity index (χ1) is 8.67. The lowest BCUT2D eigenvalue weighted by Crippen LogP contribution is -2.07. The molecule has 0 radical (unpaired) electrons. The third-order valence-corrected chi connectivity index (χ3v) is 3.21. The molecule has 6 heteroatoms. The van der Waals surface area contributed by atoms with Crippen LogP contribution in [0.15, 0.2) is 12.3 Å². The summed E-state index contributed by atoms with van der Waals surface area (Å²) in [5.41, 5.74) is 0.948. The zero-order valence-corrected chi connectivity index (χ0v) is 11.6. The van der Waals surface area contributed by atoms with Crippen molar-refractivity contribution in [2.75, 3.05) is 17.2 Å². The van der Waals surface area contributed by atoms with Gasteiger partial charge in [0.15, 0.2) is 0 Å². The fourth-order valence-electron chi connectivity index (χ4n) is 1.56. The Morgan fingerprint density at radius 1 is 1.22 bits per heavy atom. The normalized spacial score (nSPS) is 10.4. The summed E-state index contributed by atoms with van der Waals surface area (Å²) < 4.78 is 0. The Morgan fingerprint density at radius 2 is 2.06 bits per heavy atom. The second-order valence-corrected chi connectivity index (χ2v) is 5.27. The first-order valence-corrected chi connectivity index (χ1v) is 6.73. The average Bonchev–Trinajstić information content (AvgIpc) is 2.72. The molecule has 0 saturated carbocycles. The number of aryl methyl sites for hydroxylation is 2. The molecule has 0 bridgehead atoms. The van der Waals surface area contributed by atoms with Crippen molar-refractivity contribution in [3.8, 4) is 0 Å². The Morgan fingerprint density at radius 3 is 2.72 bits per heavy atom. The number of thiazole rings is 1. The second-order valence-electron chi connectivity index (χ2n) is 3.95. The summed E-state index contributed by atoms with van der Waals surface area (Å²) in [5.74, 6) is 1.50. The third kappa shape index (κ3) is 3.40. The molecule has 0 fully saturated rings. The number of rotatable bonds is 5. The first kappa shape index (κ1) is 12.8. The van der Waals surface area contributed by atoms with Gasteiger partial charge in [-0.3, -0.25) is 0 Å². The number of aromatic nitrogens is 3. The molecule has 0 aromatic carbocycles. The van der Waals surface area contributed by atoms with Crippen LogP contribution in [0.25, 0.3) is 0 Å². The quantitative estimate of drug-likeness (QED) is 0.868. The molecule has 2 aromatic heterocycles. The molecule has 0 amide bonds. The highest BCUT2D eigenvalue weighted by Crippen LogP contribution is 2.15. The lowest BCUT2D eigenvalue weighted by Gasteiger charge is -2.07. The van der Waals surface area contributed by atoms with E-state index in [-0.39, 0.29) is 0 Å². The van der Waals surface area contributed by atoms with E-state index in [1.54, 1.807) is 11.3 Å². The van der Waals surface area contributed by atoms with Crippen molar-refractivity contribution in [1.29, 1.82) is 0 Å². The van der Waals surface area contributed by atoms with Crippen LogP contribution in [0.4, 0.5) is 11.8 Å². The summed E-state index contributed by atoms with van der Waals surface area (Å²) in [4.78, 5) is 14.1. The molecule has 96 valence electrons. The van der Waals surface area contributed by atoms with Gasteiger partial charge in [0.05, 0.1) is 11.6 Å². The van der Waals surface area contributed by atoms with E-state index in [4.69, 9.17) is 0 Å². The number of anilines is 2. The maximum atomic E-state index is 4.40. The molecule has 0 aliphatic heterocycles. The maximum Gasteiger partial charge on any atom is 0.224 e. The first-order valence-electron chi connectivity index (χ1n) is 5.92. The number of hydrogen-bond acceptors (Lipinski definition) is 6. The van der Waals surface area contributed by atoms with Crippen molar-refractivity contribution < 1.29 is 0 Å². The molecule has 0 saturated heterocycles. The van der Waals surface area contributed by atoms with Gasteiger partial charge >= 0.3 is 0 Å². The average molecular weight is 263 g/mol. The molecule has 18 heavy (non-hydrogen) atoms. The zero-order chi connectivity index (χ0) is 13.0. The van der Waals surface area contributed by atoms with E-state index in [0.717, 1.165) is 29.6 Å². The Balaban J connectivity index is 2.04. The van der Waals surface area contributed by atoms with E-state index in [1.807, 2.05) is 33.0 Å². The monoisotopic (exact) mass is 263 g/mol. The molecule has 2 heterocycles. The smallest absolute Gasteiger partial charge is 0.224 e. The van der Waals surface area contributed by atoms with Crippen molar-refractivity contribution in [2.45, 2.75) is 27.3 Å². The van der Waals surface area contributed by atoms with E-state index in [0.29, 0.717) is 5.95 Å². The van der Waals surface area contributed by atoms with Crippen LogP contribution in [-0.4, -0.2) is 21.5 Å². The van der Waals surface area contributed by atoms with E-state index in [2.05, 4.69) is 25.6 Å². The lowest BCUT2D eigenvalue weighted by atomic mass is 10.4. The molecule has 0 unspecified atom stereocenters. The minimum Gasteiger partial charge on any atom is -0.365 e. The van der Waals surface area contributed by atoms with Crippen molar-refractivity contribution >= 4 is 23.1 Å². The molecule has 0 aliphatic carbocycles. The number of hydrogen-bond donors (Lipinski definition) is 2. The summed E-state index contributed by atoms with van der Waals surface area (Å²) in [5, 5.41) is 7.49. The van der Waals surface area contributed by atoms with Crippen LogP contribution < -0.4 is 10.6 Å². The van der Waals surface area contributed by atoms with Gasteiger partial charge in [-0.15, -0.1) is 11.3 Å². The minimum atomic E-state index is 0.667. The predicted octanol–water partition coefficient (Wildman–Crippen LogP) is 2.59. The molecular formula is C12H17N5S. The largest absolute Gasteiger partial charge is 0.365 e. The van der Waals surface area contributed by atoms with Gasteiger partial charge in [-0.1, -0.05) is 0 Å². The Kier molecular flexibility index (Phi) is 4.09. The van der Waals surface area contributed by atoms with Gasteiger partial charge in [0.1, 0.15) is 5.82 Å². The molecule has 2 N–H and O–H groups in total. The number of nitrogens with one attached hydrogen (secondary N) is 2. The van der Waals surface area contributed by atoms with Crippen molar-refractivity contribution in [1.82, 2.24) is 15.0 Å². The zero-order valence-electron chi connectivity index (χ0n) is 10.8. The lowest BCUT2D eigenvalue weighted by molar-refractivity contribution is 1.03. The second kappa shape index (κ2) is 5.77. The SMILES string of the molecule is CCNc1nc(C)cc(NCc2cnc(C)s2)n1. The van der Waals surface area contributed by atoms with Crippen molar-refractivity contribution in [3.05, 3.63) is 27.8 Å². The van der Waals surface area contributed by atoms with Gasteiger partial charge in [0, 0.05) is 29.4 Å². The van der Waals surface area contributed by atoms with Gasteiger partial charge in [0.25, 0.3) is 0 Å². The highest BCUT2D eigenvalue weighted by Gasteiger charge is 2.02. The molecule has 0 spiro atoms. The fourth-order valence-corrected chi connectivity index (χ4v) is 2.30. The Labute approximate surface area is 111 Å². The highest BCUT2D eigenvalue weighted by atomic mass is 32.1. The van der Waals surface area contributed by atoms with Gasteiger partial charge in [-0.2, -0.15) is 4.98 Å². The topological polar surface area (TPSA) is 62.7 Å². The van der Waals surface area contributed by atoms with Crippen LogP contribution in [0.1, 0.15) is 22.5 Å². The minimum absolute atomic E-state index is 0.667. The van der Waals surface area contributed by atoms with E-state index in [9.17, 15) is 0 Å². The van der Waals surface area contributed by atoms with Gasteiger partial charge in [-0.25, -0.2) is 9.97 Å². The molecule has 2 aromatic rings. The highest BCUT2D eigenvalue weighted by molar-refractivity contribution is 7.11. The van der Waals surface area contributed by atoms with E-state index >= 15 is 0 Å². The fraction of sp³-hybridized carbons (Fsp3) is 0.417. The van der Waals surface area contributed by atoms with Crippen LogP contribution in [0.3, 0.4) is 0 Å². The summed E-state index contributed by atoms with van der Waals surface area (Å²) in [6, 6.07) is 1.94. The Hall–Kier alpha value is -1.69. The van der Waals surface area contributed by atoms with Crippen molar-refractivity contribution in [3.63, 3.8) is 0 Å². The molecule has 2 rings (SSSR count). The maximum absolute atomic E-state index is 4.40. The molecular weight excluding hydrogens is 246 g/mol. The predicted molar refractivity (Wildman–Crippen MR) is 75.1 cm³/mol. The van der Waals surface area contributed by atoms with Crippen LogP contribution in [0.2, 0.25) is 0 Å². The molecule has 5 nitrogen and oxygen atoms in total. The van der Waals surface area contributed by atoms with Crippen LogP contribution >= 0.6 is 11.3 Å². The van der Waals surface area contributed by atoms with E-state index in [1.165, 1.54) is 4.88 Å². The van der Waals surface area contributed by atoms with Gasteiger partial charge in [0.2, 0.25) is 5.95 Å². The summed E-state index contributed by atoms with van der Waals surface area (Å²) in [6.07, 6.45) is 1.90. The van der Waals surface area contributed by atoms with E-state index < -0.39 is 0 Å². The standard InChI is InChI=1S/C12H17N5S/c1-4-13-12-16-8(2)5-11(17-12)15-7-10-6-14-9(3)18-10/h5-6H,4,7H2,1-3H3,(H2,13,15,16,17). The summed E-state index contributed by atoms with van der Waals surface area (Å²) in [7, 11) is 0. The van der Waals surface area contributed by atoms with Crippen molar-refractivity contribution in [2.24, 2.45) is 0 Å². The van der Waals surface area contributed by atoms with Gasteiger partial charge in [-0.05, 0) is 20.8 Å². The van der Waals surface area contributed by atoms with Crippen LogP contribution in [0.5, 0.6) is 0 Å². The molecule has 0 atom stereocenters. The number of nitrogens with zero attached hydrogens (tertiary/aromatic N) is 3. The Bertz CT molecular complexity index is 523.